The first-order valence-electron chi connectivity index (χ1n) is 4.85. The molecule has 0 spiro atoms. The quantitative estimate of drug-likeness (QED) is 0.507. The van der Waals surface area contributed by atoms with Crippen LogP contribution in [-0.4, -0.2) is 22.7 Å². The fourth-order valence-electron chi connectivity index (χ4n) is 1.49. The normalized spacial score (nSPS) is 10.2. The lowest BCUT2D eigenvalue weighted by atomic mass is 10.1. The molecule has 6 heteroatoms. The number of nitrogens with zero attached hydrogens (tertiary/aromatic N) is 2. The first kappa shape index (κ1) is 11.9. The van der Waals surface area contributed by atoms with E-state index in [1.54, 1.807) is 36.2 Å². The molecule has 88 valence electrons. The van der Waals surface area contributed by atoms with Gasteiger partial charge >= 0.3 is 0 Å². The van der Waals surface area contributed by atoms with Crippen LogP contribution in [0.1, 0.15) is 5.56 Å². The second-order valence-corrected chi connectivity index (χ2v) is 4.65. The lowest BCUT2D eigenvalue weighted by Crippen LogP contribution is -2.15. The van der Waals surface area contributed by atoms with Crippen LogP contribution >= 0.6 is 22.6 Å². The summed E-state index contributed by atoms with van der Waals surface area (Å²) in [5.74, 6) is 0.712. The van der Waals surface area contributed by atoms with Gasteiger partial charge in [-0.15, -0.1) is 0 Å². The van der Waals surface area contributed by atoms with Crippen LogP contribution in [0.5, 0.6) is 5.75 Å². The number of nitrogens with one attached hydrogen (secondary N) is 1. The van der Waals surface area contributed by atoms with E-state index in [-0.39, 0.29) is 5.84 Å². The van der Waals surface area contributed by atoms with Crippen molar-refractivity contribution in [2.45, 2.75) is 0 Å². The highest BCUT2D eigenvalue weighted by atomic mass is 127. The Morgan fingerprint density at radius 2 is 2.29 bits per heavy atom. The van der Waals surface area contributed by atoms with Gasteiger partial charge in [0.05, 0.1) is 22.6 Å². The van der Waals surface area contributed by atoms with E-state index in [1.165, 1.54) is 0 Å². The first-order valence-corrected chi connectivity index (χ1v) is 5.92. The molecule has 0 amide bonds. The van der Waals surface area contributed by atoms with E-state index in [4.69, 9.17) is 15.9 Å². The summed E-state index contributed by atoms with van der Waals surface area (Å²) in [5, 5.41) is 11.8. The lowest BCUT2D eigenvalue weighted by Gasteiger charge is -2.10. The second kappa shape index (κ2) is 4.74. The van der Waals surface area contributed by atoms with E-state index in [0.29, 0.717) is 11.3 Å². The third-order valence-corrected chi connectivity index (χ3v) is 2.85. The van der Waals surface area contributed by atoms with E-state index in [0.717, 1.165) is 9.26 Å². The van der Waals surface area contributed by atoms with Gasteiger partial charge in [-0.25, -0.2) is 4.68 Å². The van der Waals surface area contributed by atoms with Gasteiger partial charge in [-0.05, 0) is 34.7 Å². The standard InChI is InChI=1S/C11H11IN4O/c1-17-8-2-3-9(11(13)14)10(4-8)16-6-7(12)5-15-16/h2-6H,1H3,(H3,13,14). The zero-order valence-corrected chi connectivity index (χ0v) is 11.3. The number of aromatic nitrogens is 2. The molecule has 0 aliphatic heterocycles. The van der Waals surface area contributed by atoms with Crippen LogP contribution < -0.4 is 10.5 Å². The molecule has 1 aromatic carbocycles. The molecule has 1 aromatic heterocycles. The maximum Gasteiger partial charge on any atom is 0.124 e. The van der Waals surface area contributed by atoms with Crippen molar-refractivity contribution in [3.05, 3.63) is 39.7 Å². The number of amidine groups is 1. The monoisotopic (exact) mass is 342 g/mol. The van der Waals surface area contributed by atoms with Crippen molar-refractivity contribution in [1.29, 1.82) is 5.41 Å². The third kappa shape index (κ3) is 2.41. The van der Waals surface area contributed by atoms with Gasteiger partial charge in [-0.2, -0.15) is 5.10 Å². The minimum atomic E-state index is 0.00756. The average molecular weight is 342 g/mol. The molecule has 0 bridgehead atoms. The van der Waals surface area contributed by atoms with E-state index in [9.17, 15) is 0 Å². The number of rotatable bonds is 3. The highest BCUT2D eigenvalue weighted by Crippen LogP contribution is 2.21. The molecule has 17 heavy (non-hydrogen) atoms. The van der Waals surface area contributed by atoms with E-state index in [2.05, 4.69) is 27.7 Å². The molecule has 0 saturated carbocycles. The molecule has 0 aliphatic carbocycles. The van der Waals surface area contributed by atoms with Crippen LogP contribution in [-0.2, 0) is 0 Å². The van der Waals surface area contributed by atoms with Gasteiger partial charge in [0.15, 0.2) is 0 Å². The summed E-state index contributed by atoms with van der Waals surface area (Å²) < 4.78 is 7.86. The molecule has 1 heterocycles. The number of nitrogen functional groups attached to an aromatic ring is 1. The highest BCUT2D eigenvalue weighted by molar-refractivity contribution is 14.1. The summed E-state index contributed by atoms with van der Waals surface area (Å²) in [4.78, 5) is 0. The summed E-state index contributed by atoms with van der Waals surface area (Å²) in [7, 11) is 1.60. The number of nitrogens with two attached hydrogens (primary N) is 1. The van der Waals surface area contributed by atoms with Crippen LogP contribution in [0.3, 0.4) is 0 Å². The number of benzene rings is 1. The van der Waals surface area contributed by atoms with Crippen molar-refractivity contribution in [3.8, 4) is 11.4 Å². The molecule has 0 radical (unpaired) electrons. The van der Waals surface area contributed by atoms with Crippen LogP contribution in [0.15, 0.2) is 30.6 Å². The topological polar surface area (TPSA) is 76.9 Å². The number of hydrogen-bond donors (Lipinski definition) is 2. The van der Waals surface area contributed by atoms with Crippen molar-refractivity contribution in [2.24, 2.45) is 5.73 Å². The Hall–Kier alpha value is -1.57. The number of hydrogen-bond acceptors (Lipinski definition) is 3. The molecule has 0 fully saturated rings. The minimum absolute atomic E-state index is 0.00756. The van der Waals surface area contributed by atoms with Crippen molar-refractivity contribution in [1.82, 2.24) is 9.78 Å². The molecule has 0 unspecified atom stereocenters. The largest absolute Gasteiger partial charge is 0.497 e. The lowest BCUT2D eigenvalue weighted by molar-refractivity contribution is 0.414. The van der Waals surface area contributed by atoms with Crippen LogP contribution in [0, 0.1) is 8.98 Å². The van der Waals surface area contributed by atoms with Crippen LogP contribution in [0.2, 0.25) is 0 Å². The zero-order valence-electron chi connectivity index (χ0n) is 9.14. The van der Waals surface area contributed by atoms with E-state index in [1.807, 2.05) is 6.20 Å². The number of ether oxygens (including phenoxy) is 1. The number of halogens is 1. The van der Waals surface area contributed by atoms with Gasteiger partial charge in [-0.3, -0.25) is 5.41 Å². The van der Waals surface area contributed by atoms with Crippen molar-refractivity contribution >= 4 is 28.4 Å². The predicted molar refractivity (Wildman–Crippen MR) is 73.8 cm³/mol. The van der Waals surface area contributed by atoms with Crippen LogP contribution in [0.25, 0.3) is 5.69 Å². The molecule has 2 aromatic rings. The van der Waals surface area contributed by atoms with E-state index >= 15 is 0 Å². The Balaban J connectivity index is 2.60. The van der Waals surface area contributed by atoms with Gasteiger partial charge in [0.2, 0.25) is 0 Å². The molecule has 0 atom stereocenters. The average Bonchev–Trinajstić information content (AvgIpc) is 2.75. The zero-order chi connectivity index (χ0) is 12.4. The Kier molecular flexibility index (Phi) is 3.32. The Bertz CT molecular complexity index is 564. The SMILES string of the molecule is COc1ccc(C(=N)N)c(-n2cc(I)cn2)c1. The number of methoxy groups -OCH3 is 1. The third-order valence-electron chi connectivity index (χ3n) is 2.29. The van der Waals surface area contributed by atoms with E-state index < -0.39 is 0 Å². The first-order chi connectivity index (χ1) is 8.11. The van der Waals surface area contributed by atoms with Gasteiger partial charge in [-0.1, -0.05) is 0 Å². The minimum Gasteiger partial charge on any atom is -0.497 e. The summed E-state index contributed by atoms with van der Waals surface area (Å²) in [6, 6.07) is 5.33. The van der Waals surface area contributed by atoms with Gasteiger partial charge in [0.25, 0.3) is 0 Å². The molecule has 0 saturated heterocycles. The predicted octanol–water partition coefficient (Wildman–Crippen LogP) is 1.77. The molecule has 2 rings (SSSR count). The summed E-state index contributed by atoms with van der Waals surface area (Å²) in [6.07, 6.45) is 3.60. The maximum absolute atomic E-state index is 7.55. The fourth-order valence-corrected chi connectivity index (χ4v) is 1.88. The van der Waals surface area contributed by atoms with Crippen molar-refractivity contribution in [2.75, 3.05) is 7.11 Å². The molecule has 0 aliphatic rings. The van der Waals surface area contributed by atoms with Gasteiger partial charge in [0, 0.05) is 17.8 Å². The summed E-state index contributed by atoms with van der Waals surface area (Å²) in [5.41, 5.74) is 6.92. The molecular formula is C11H11IN4O. The van der Waals surface area contributed by atoms with Crippen LogP contribution in [0.4, 0.5) is 0 Å². The van der Waals surface area contributed by atoms with Gasteiger partial charge < -0.3 is 10.5 Å². The second-order valence-electron chi connectivity index (χ2n) is 3.40. The molecule has 3 N–H and O–H groups in total. The fraction of sp³-hybridized carbons (Fsp3) is 0.0909. The Labute approximate surface area is 112 Å². The smallest absolute Gasteiger partial charge is 0.124 e. The summed E-state index contributed by atoms with van der Waals surface area (Å²) in [6.45, 7) is 0. The van der Waals surface area contributed by atoms with Crippen molar-refractivity contribution in [3.63, 3.8) is 0 Å². The van der Waals surface area contributed by atoms with Gasteiger partial charge in [0.1, 0.15) is 11.6 Å². The maximum atomic E-state index is 7.55. The van der Waals surface area contributed by atoms with Crippen molar-refractivity contribution < 1.29 is 4.74 Å². The Morgan fingerprint density at radius 1 is 1.53 bits per heavy atom. The molecule has 5 nitrogen and oxygen atoms in total. The summed E-state index contributed by atoms with van der Waals surface area (Å²) >= 11 is 2.17. The highest BCUT2D eigenvalue weighted by Gasteiger charge is 2.10. The Morgan fingerprint density at radius 3 is 2.82 bits per heavy atom. The molecular weight excluding hydrogens is 331 g/mol.